The molecule has 0 radical (unpaired) electrons. The summed E-state index contributed by atoms with van der Waals surface area (Å²) in [6, 6.07) is 9.52. The van der Waals surface area contributed by atoms with Crippen molar-refractivity contribution in [3.63, 3.8) is 0 Å². The first kappa shape index (κ1) is 18.2. The average molecular weight is 418 g/mol. The molecular weight excluding hydrogens is 402 g/mol. The first-order valence-electron chi connectivity index (χ1n) is 9.17. The van der Waals surface area contributed by atoms with Crippen molar-refractivity contribution >= 4 is 29.0 Å². The molecule has 0 saturated carbocycles. The average Bonchev–Trinajstić information content (AvgIpc) is 3.34. The smallest absolute Gasteiger partial charge is 0.228 e. The maximum absolute atomic E-state index is 6.03. The lowest BCUT2D eigenvalue weighted by atomic mass is 10.2. The lowest BCUT2D eigenvalue weighted by molar-refractivity contribution is 0.775. The molecule has 0 saturated heterocycles. The Morgan fingerprint density at radius 3 is 2.83 bits per heavy atom. The minimum Gasteiger partial charge on any atom is -0.309 e. The first-order valence-corrected chi connectivity index (χ1v) is 9.55. The van der Waals surface area contributed by atoms with E-state index in [-0.39, 0.29) is 0 Å². The van der Waals surface area contributed by atoms with Crippen LogP contribution in [0.2, 0.25) is 5.02 Å². The number of pyridine rings is 2. The van der Waals surface area contributed by atoms with Crippen LogP contribution < -0.4 is 5.32 Å². The van der Waals surface area contributed by atoms with Gasteiger partial charge in [0.2, 0.25) is 5.95 Å². The van der Waals surface area contributed by atoms with Gasteiger partial charge in [0.1, 0.15) is 11.6 Å². The van der Waals surface area contributed by atoms with Gasteiger partial charge in [-0.15, -0.1) is 10.2 Å². The van der Waals surface area contributed by atoms with Gasteiger partial charge in [0.25, 0.3) is 0 Å². The normalized spacial score (nSPS) is 11.1. The molecule has 5 rings (SSSR count). The molecule has 0 spiro atoms. The Hall–Kier alpha value is -3.85. The Labute approximate surface area is 176 Å². The van der Waals surface area contributed by atoms with E-state index in [0.29, 0.717) is 17.4 Å². The number of nitrogens with one attached hydrogen (secondary N) is 1. The van der Waals surface area contributed by atoms with Crippen LogP contribution in [0.15, 0.2) is 61.3 Å². The summed E-state index contributed by atoms with van der Waals surface area (Å²) in [5, 5.41) is 16.5. The number of hydrogen-bond acceptors (Lipinski definition) is 7. The second kappa shape index (κ2) is 7.53. The molecule has 30 heavy (non-hydrogen) atoms. The molecule has 0 unspecified atom stereocenters. The van der Waals surface area contributed by atoms with E-state index in [1.165, 1.54) is 0 Å². The Balaban J connectivity index is 1.43. The van der Waals surface area contributed by atoms with Gasteiger partial charge in [0.15, 0.2) is 5.65 Å². The van der Waals surface area contributed by atoms with Crippen molar-refractivity contribution in [1.82, 2.24) is 39.3 Å². The predicted octanol–water partition coefficient (Wildman–Crippen LogP) is 3.30. The molecule has 0 aliphatic heterocycles. The van der Waals surface area contributed by atoms with E-state index in [1.807, 2.05) is 48.0 Å². The van der Waals surface area contributed by atoms with Crippen molar-refractivity contribution in [2.45, 2.75) is 6.42 Å². The second-order valence-electron chi connectivity index (χ2n) is 6.68. The summed E-state index contributed by atoms with van der Waals surface area (Å²) in [4.78, 5) is 13.0. The van der Waals surface area contributed by atoms with Crippen LogP contribution in [0.5, 0.6) is 0 Å². The SMILES string of the molecule is Cn1nccc1Nc1nccc(-c2ccn3c(Cc4cncc(Cl)c4)nnc3c2)n1. The van der Waals surface area contributed by atoms with Gasteiger partial charge in [-0.25, -0.2) is 9.97 Å². The van der Waals surface area contributed by atoms with Crippen LogP contribution in [0.1, 0.15) is 11.4 Å². The second-order valence-corrected chi connectivity index (χ2v) is 7.12. The van der Waals surface area contributed by atoms with Gasteiger partial charge < -0.3 is 5.32 Å². The van der Waals surface area contributed by atoms with Gasteiger partial charge in [-0.1, -0.05) is 11.6 Å². The molecule has 1 N–H and O–H groups in total. The molecular formula is C20H16ClN9. The molecule has 0 atom stereocenters. The molecule has 5 aromatic heterocycles. The van der Waals surface area contributed by atoms with E-state index in [1.54, 1.807) is 29.5 Å². The minimum atomic E-state index is 0.492. The highest BCUT2D eigenvalue weighted by Crippen LogP contribution is 2.21. The summed E-state index contributed by atoms with van der Waals surface area (Å²) in [5.41, 5.74) is 3.40. The summed E-state index contributed by atoms with van der Waals surface area (Å²) in [6.07, 6.45) is 9.33. The molecule has 9 nitrogen and oxygen atoms in total. The third kappa shape index (κ3) is 3.58. The minimum absolute atomic E-state index is 0.492. The van der Waals surface area contributed by atoms with Crippen LogP contribution in [0, 0.1) is 0 Å². The van der Waals surface area contributed by atoms with E-state index >= 15 is 0 Å². The molecule has 0 aliphatic rings. The summed E-state index contributed by atoms with van der Waals surface area (Å²) in [7, 11) is 1.85. The number of nitrogens with zero attached hydrogens (tertiary/aromatic N) is 8. The highest BCUT2D eigenvalue weighted by atomic mass is 35.5. The maximum Gasteiger partial charge on any atom is 0.228 e. The standard InChI is InChI=1S/C20H16ClN9/c1-29-17(3-6-24-29)26-20-23-5-2-16(25-20)14-4-7-30-18(27-28-19(30)10-14)9-13-8-15(21)12-22-11-13/h2-8,10-12H,9H2,1H3,(H,23,25,26). The molecule has 10 heteroatoms. The third-order valence-electron chi connectivity index (χ3n) is 4.62. The topological polar surface area (TPSA) is 98.7 Å². The number of anilines is 2. The van der Waals surface area contributed by atoms with Crippen LogP contribution in [0.3, 0.4) is 0 Å². The van der Waals surface area contributed by atoms with Crippen molar-refractivity contribution in [2.75, 3.05) is 5.32 Å². The summed E-state index contributed by atoms with van der Waals surface area (Å²) >= 11 is 6.03. The number of aromatic nitrogens is 8. The molecule has 0 aromatic carbocycles. The highest BCUT2D eigenvalue weighted by Gasteiger charge is 2.10. The quantitative estimate of drug-likeness (QED) is 0.468. The number of halogens is 1. The van der Waals surface area contributed by atoms with E-state index in [0.717, 1.165) is 34.1 Å². The summed E-state index contributed by atoms with van der Waals surface area (Å²) in [5.74, 6) is 2.11. The number of rotatable bonds is 5. The largest absolute Gasteiger partial charge is 0.309 e. The number of fused-ring (bicyclic) bond motifs is 1. The molecule has 148 valence electrons. The van der Waals surface area contributed by atoms with Crippen LogP contribution >= 0.6 is 11.6 Å². The number of hydrogen-bond donors (Lipinski definition) is 1. The summed E-state index contributed by atoms with van der Waals surface area (Å²) < 4.78 is 3.66. The lowest BCUT2D eigenvalue weighted by Crippen LogP contribution is -2.03. The molecule has 0 aliphatic carbocycles. The van der Waals surface area contributed by atoms with Crippen molar-refractivity contribution in [2.24, 2.45) is 7.05 Å². The molecule has 5 heterocycles. The molecule has 0 amide bonds. The maximum atomic E-state index is 6.03. The van der Waals surface area contributed by atoms with Gasteiger partial charge >= 0.3 is 0 Å². The van der Waals surface area contributed by atoms with Crippen molar-refractivity contribution in [1.29, 1.82) is 0 Å². The fourth-order valence-electron chi connectivity index (χ4n) is 3.15. The van der Waals surface area contributed by atoms with Gasteiger partial charge in [0.05, 0.1) is 16.9 Å². The Morgan fingerprint density at radius 2 is 2.00 bits per heavy atom. The monoisotopic (exact) mass is 417 g/mol. The van der Waals surface area contributed by atoms with Crippen molar-refractivity contribution < 1.29 is 0 Å². The zero-order chi connectivity index (χ0) is 20.5. The fourth-order valence-corrected chi connectivity index (χ4v) is 3.34. The molecule has 0 bridgehead atoms. The van der Waals surface area contributed by atoms with Gasteiger partial charge in [-0.05, 0) is 29.8 Å². The third-order valence-corrected chi connectivity index (χ3v) is 4.82. The Morgan fingerprint density at radius 1 is 1.07 bits per heavy atom. The van der Waals surface area contributed by atoms with Crippen LogP contribution in [0.25, 0.3) is 16.9 Å². The van der Waals surface area contributed by atoms with E-state index < -0.39 is 0 Å². The first-order chi connectivity index (χ1) is 14.7. The fraction of sp³-hybridized carbons (Fsp3) is 0.100. The highest BCUT2D eigenvalue weighted by molar-refractivity contribution is 6.30. The van der Waals surface area contributed by atoms with Crippen LogP contribution in [0.4, 0.5) is 11.8 Å². The van der Waals surface area contributed by atoms with E-state index in [4.69, 9.17) is 11.6 Å². The van der Waals surface area contributed by atoms with E-state index in [2.05, 4.69) is 35.6 Å². The predicted molar refractivity (Wildman–Crippen MR) is 113 cm³/mol. The molecule has 5 aromatic rings. The lowest BCUT2D eigenvalue weighted by Gasteiger charge is -2.07. The van der Waals surface area contributed by atoms with Gasteiger partial charge in [0, 0.05) is 49.9 Å². The van der Waals surface area contributed by atoms with E-state index in [9.17, 15) is 0 Å². The Bertz CT molecular complexity index is 1340. The zero-order valence-electron chi connectivity index (χ0n) is 15.9. The summed E-state index contributed by atoms with van der Waals surface area (Å²) in [6.45, 7) is 0. The Kier molecular flexibility index (Phi) is 4.56. The van der Waals surface area contributed by atoms with Crippen molar-refractivity contribution in [3.05, 3.63) is 77.7 Å². The van der Waals surface area contributed by atoms with Gasteiger partial charge in [-0.2, -0.15) is 5.10 Å². The zero-order valence-corrected chi connectivity index (χ0v) is 16.7. The van der Waals surface area contributed by atoms with Crippen molar-refractivity contribution in [3.8, 4) is 11.3 Å². The number of aryl methyl sites for hydroxylation is 1. The van der Waals surface area contributed by atoms with Crippen LogP contribution in [-0.2, 0) is 13.5 Å². The van der Waals surface area contributed by atoms with Gasteiger partial charge in [-0.3, -0.25) is 14.1 Å². The van der Waals surface area contributed by atoms with Crippen LogP contribution in [-0.4, -0.2) is 39.3 Å². The molecule has 0 fully saturated rings.